The average molecular weight is 891 g/mol. The molecule has 0 fully saturated rings. The summed E-state index contributed by atoms with van der Waals surface area (Å²) in [5.74, 6) is -3.39. The first-order chi connectivity index (χ1) is 30.2. The number of nitrogens with zero attached hydrogens (tertiary/aromatic N) is 1. The number of benzene rings is 4. The maximum Gasteiger partial charge on any atom is 0.367 e. The number of carbonyl (C=O) groups excluding carboxylic acids is 6. The second-order valence-electron chi connectivity index (χ2n) is 14.5. The second kappa shape index (κ2) is 14.7. The first-order valence-corrected chi connectivity index (χ1v) is 22.5. The minimum absolute atomic E-state index is 0.0137. The van der Waals surface area contributed by atoms with Gasteiger partial charge >= 0.3 is 17.5 Å². The number of ether oxygens (including phenoxy) is 3. The number of anilines is 1. The van der Waals surface area contributed by atoms with Gasteiger partial charge in [0.1, 0.15) is 32.8 Å². The summed E-state index contributed by atoms with van der Waals surface area (Å²) in [5, 5.41) is 3.71. The molecule has 0 radical (unpaired) electrons. The lowest BCUT2D eigenvalue weighted by atomic mass is 9.90. The van der Waals surface area contributed by atoms with Crippen molar-refractivity contribution >= 4 is 101 Å². The number of rotatable bonds is 8. The number of ketones is 4. The van der Waals surface area contributed by atoms with Gasteiger partial charge in [0.25, 0.3) is 0 Å². The van der Waals surface area contributed by atoms with Crippen LogP contribution >= 0.6 is 45.8 Å². The minimum Gasteiger partial charge on any atom is -0.457 e. The van der Waals surface area contributed by atoms with Crippen LogP contribution in [0.4, 0.5) is 5.00 Å². The van der Waals surface area contributed by atoms with E-state index < -0.39 is 34.5 Å². The maximum atomic E-state index is 15.0. The molecule has 3 aromatic heterocycles. The quantitative estimate of drug-likeness (QED) is 0.0669. The minimum atomic E-state index is -2.50. The van der Waals surface area contributed by atoms with Crippen molar-refractivity contribution in [3.05, 3.63) is 170 Å². The predicted octanol–water partition coefficient (Wildman–Crippen LogP) is 9.47. The van der Waals surface area contributed by atoms with E-state index in [0.29, 0.717) is 67.6 Å². The molecule has 1 unspecified atom stereocenters. The number of thiazole rings is 1. The number of hydrogen-bond acceptors (Lipinski definition) is 15. The summed E-state index contributed by atoms with van der Waals surface area (Å²) in [6.45, 7) is -0.365. The topological polar surface area (TPSA) is 155 Å². The van der Waals surface area contributed by atoms with E-state index >= 15 is 0 Å². The third kappa shape index (κ3) is 5.95. The lowest BCUT2D eigenvalue weighted by Crippen LogP contribution is -2.52. The monoisotopic (exact) mass is 890 g/mol. The molecule has 62 heavy (non-hydrogen) atoms. The molecule has 4 aliphatic rings. The maximum absolute atomic E-state index is 15.0. The van der Waals surface area contributed by atoms with Gasteiger partial charge in [0, 0.05) is 22.3 Å². The van der Waals surface area contributed by atoms with Crippen LogP contribution in [-0.2, 0) is 37.9 Å². The molecule has 5 heterocycles. The van der Waals surface area contributed by atoms with E-state index in [-0.39, 0.29) is 47.2 Å². The van der Waals surface area contributed by atoms with E-state index in [9.17, 15) is 28.8 Å². The highest BCUT2D eigenvalue weighted by molar-refractivity contribution is 8.01. The largest absolute Gasteiger partial charge is 0.457 e. The van der Waals surface area contributed by atoms with Crippen molar-refractivity contribution in [1.29, 1.82) is 0 Å². The molecule has 2 aliphatic heterocycles. The Bertz CT molecular complexity index is 3070. The number of nitrogens with one attached hydrogen (secondary N) is 1. The van der Waals surface area contributed by atoms with Crippen molar-refractivity contribution in [2.24, 2.45) is 0 Å². The third-order valence-corrected chi connectivity index (χ3v) is 15.6. The Morgan fingerprint density at radius 2 is 1.18 bits per heavy atom. The van der Waals surface area contributed by atoms with E-state index in [4.69, 9.17) is 19.2 Å². The van der Waals surface area contributed by atoms with E-state index in [1.54, 1.807) is 103 Å². The van der Waals surface area contributed by atoms with Crippen molar-refractivity contribution in [2.75, 3.05) is 5.32 Å². The van der Waals surface area contributed by atoms with Crippen LogP contribution in [0.5, 0.6) is 5.75 Å². The predicted molar refractivity (Wildman–Crippen MR) is 235 cm³/mol. The third-order valence-electron chi connectivity index (χ3n) is 10.8. The summed E-state index contributed by atoms with van der Waals surface area (Å²) in [5.41, 5.74) is 0.376. The van der Waals surface area contributed by atoms with Crippen LogP contribution in [-0.4, -0.2) is 45.4 Å². The van der Waals surface area contributed by atoms with Gasteiger partial charge in [-0.25, -0.2) is 14.6 Å². The molecule has 15 heteroatoms. The zero-order chi connectivity index (χ0) is 42.3. The summed E-state index contributed by atoms with van der Waals surface area (Å²) in [6, 6.07) is 31.3. The van der Waals surface area contributed by atoms with Crippen molar-refractivity contribution in [3.63, 3.8) is 0 Å². The number of thioether (sulfide) groups is 1. The molecule has 7 aromatic rings. The highest BCUT2D eigenvalue weighted by Gasteiger charge is 2.61. The van der Waals surface area contributed by atoms with Gasteiger partial charge in [-0.05, 0) is 23.3 Å². The van der Waals surface area contributed by atoms with Crippen molar-refractivity contribution in [1.82, 2.24) is 4.98 Å². The van der Waals surface area contributed by atoms with E-state index in [1.807, 2.05) is 12.1 Å². The molecule has 11 rings (SSSR count). The molecule has 2 aliphatic carbocycles. The van der Waals surface area contributed by atoms with Gasteiger partial charge in [-0.15, -0.1) is 34.0 Å². The fourth-order valence-corrected chi connectivity index (χ4v) is 13.0. The molecule has 0 bridgehead atoms. The lowest BCUT2D eigenvalue weighted by Gasteiger charge is -2.34. The lowest BCUT2D eigenvalue weighted by molar-refractivity contribution is -0.183. The second-order valence-corrected chi connectivity index (χ2v) is 18.7. The average Bonchev–Trinajstić information content (AvgIpc) is 4.13. The Hall–Kier alpha value is -6.78. The van der Waals surface area contributed by atoms with Crippen molar-refractivity contribution in [2.45, 2.75) is 29.1 Å². The molecule has 4 aromatic carbocycles. The zero-order valence-corrected chi connectivity index (χ0v) is 35.1. The standard InChI is InChI=1S/C47H26N2O9S4/c50-34-25-15-7-8-16-26(25)35(51)29(34)19-31-48-43-40(59-31)33-39(61-43)41-38(42-44(62-41)49-32(60-42)20-30-36(52)27-17-9-10-18-28(27)37(30)53)58-47(33,45(54)56-21-23-11-3-1-4-12-23)46(55)57-22-24-13-5-2-6-14-24/h1-20,31,48H,21-22H2. The molecular weight excluding hydrogens is 865 g/mol. The van der Waals surface area contributed by atoms with Gasteiger partial charge in [0.15, 0.2) is 28.9 Å². The van der Waals surface area contributed by atoms with E-state index in [0.717, 1.165) is 11.3 Å². The van der Waals surface area contributed by atoms with Crippen LogP contribution < -0.4 is 10.1 Å². The van der Waals surface area contributed by atoms with Gasteiger partial charge in [-0.1, -0.05) is 121 Å². The van der Waals surface area contributed by atoms with Gasteiger partial charge in [-0.3, -0.25) is 19.2 Å². The number of thiophene rings is 2. The van der Waals surface area contributed by atoms with Gasteiger partial charge < -0.3 is 19.5 Å². The van der Waals surface area contributed by atoms with E-state index in [1.165, 1.54) is 40.5 Å². The Labute approximate surface area is 367 Å². The van der Waals surface area contributed by atoms with Crippen LogP contribution in [0.3, 0.4) is 0 Å². The zero-order valence-electron chi connectivity index (χ0n) is 31.8. The number of Topliss-reactive ketones (excluding diaryl/α,β-unsaturated/α-hetero) is 4. The fourth-order valence-electron chi connectivity index (χ4n) is 7.88. The summed E-state index contributed by atoms with van der Waals surface area (Å²) < 4.78 is 19.3. The SMILES string of the molecule is O=C1C(=Cc2nc3sc4c(c3s2)OC(C(=O)OCc2ccccc2)(C(=O)OCc2ccccc2)c2c-4sc3c2SC(C=C2C(=O)c4ccccc4C2=O)N3)C(=O)c2ccccc21. The van der Waals surface area contributed by atoms with Crippen LogP contribution in [0.1, 0.15) is 63.1 Å². The van der Waals surface area contributed by atoms with Crippen LogP contribution in [0, 0.1) is 0 Å². The number of aromatic nitrogens is 1. The number of hydrogen-bond donors (Lipinski definition) is 1. The van der Waals surface area contributed by atoms with E-state index in [2.05, 4.69) is 5.32 Å². The van der Waals surface area contributed by atoms with Gasteiger partial charge in [0.2, 0.25) is 0 Å². The van der Waals surface area contributed by atoms with Crippen molar-refractivity contribution in [3.8, 4) is 15.5 Å². The molecule has 0 saturated carbocycles. The number of allylic oxidation sites excluding steroid dienone is 2. The molecule has 0 spiro atoms. The Balaban J connectivity index is 1.04. The molecule has 0 saturated heterocycles. The Morgan fingerprint density at radius 3 is 1.73 bits per heavy atom. The summed E-state index contributed by atoms with van der Waals surface area (Å²) in [4.78, 5) is 90.3. The number of carbonyl (C=O) groups is 6. The molecule has 0 amide bonds. The van der Waals surface area contributed by atoms with Crippen LogP contribution in [0.15, 0.2) is 131 Å². The van der Waals surface area contributed by atoms with Crippen molar-refractivity contribution < 1.29 is 43.0 Å². The fraction of sp³-hybridized carbons (Fsp3) is 0.0851. The molecule has 1 atom stereocenters. The first kappa shape index (κ1) is 38.2. The summed E-state index contributed by atoms with van der Waals surface area (Å²) >= 11 is 4.95. The highest BCUT2D eigenvalue weighted by atomic mass is 32.2. The summed E-state index contributed by atoms with van der Waals surface area (Å²) in [7, 11) is 0. The molecular formula is C47H26N2O9S4. The summed E-state index contributed by atoms with van der Waals surface area (Å²) in [6.07, 6.45) is 3.04. The Kier molecular flexibility index (Phi) is 9.05. The van der Waals surface area contributed by atoms with Gasteiger partial charge in [-0.2, -0.15) is 0 Å². The highest BCUT2D eigenvalue weighted by Crippen LogP contribution is 2.63. The van der Waals surface area contributed by atoms with Crippen LogP contribution in [0.2, 0.25) is 0 Å². The van der Waals surface area contributed by atoms with Gasteiger partial charge in [0.05, 0.1) is 36.7 Å². The first-order valence-electron chi connectivity index (χ1n) is 19.2. The molecule has 302 valence electrons. The number of fused-ring (bicyclic) bond motifs is 9. The smallest absolute Gasteiger partial charge is 0.367 e. The Morgan fingerprint density at radius 1 is 0.661 bits per heavy atom. The molecule has 1 N–H and O–H groups in total. The normalized spacial score (nSPS) is 16.5. The van der Waals surface area contributed by atoms with Crippen LogP contribution in [0.25, 0.3) is 25.4 Å². The number of esters is 2. The molecule has 11 nitrogen and oxygen atoms in total.